The number of amides is 1. The Morgan fingerprint density at radius 2 is 1.89 bits per heavy atom. The van der Waals surface area contributed by atoms with Crippen LogP contribution >= 0.6 is 11.6 Å². The van der Waals surface area contributed by atoms with Gasteiger partial charge in [-0.1, -0.05) is 30.3 Å². The molecule has 0 aliphatic rings. The van der Waals surface area contributed by atoms with Crippen LogP contribution in [-0.2, 0) is 20.7 Å². The minimum atomic E-state index is -0.627. The van der Waals surface area contributed by atoms with Crippen LogP contribution in [0.5, 0.6) is 0 Å². The molecule has 0 radical (unpaired) electrons. The Bertz CT molecular complexity index is 432. The third kappa shape index (κ3) is 6.25. The molecule has 0 saturated heterocycles. The average molecular weight is 284 g/mol. The van der Waals surface area contributed by atoms with E-state index in [2.05, 4.69) is 5.32 Å². The van der Waals surface area contributed by atoms with Gasteiger partial charge >= 0.3 is 5.97 Å². The molecule has 0 heterocycles. The quantitative estimate of drug-likeness (QED) is 0.641. The standard InChI is InChI=1S/C14H18ClNO3/c1-14(2,16-12(17)9-15)10-19-13(18)8-11-6-4-3-5-7-11/h3-7H,8-10H2,1-2H3,(H,16,17). The van der Waals surface area contributed by atoms with E-state index < -0.39 is 5.54 Å². The van der Waals surface area contributed by atoms with Crippen LogP contribution in [0.3, 0.4) is 0 Å². The zero-order valence-electron chi connectivity index (χ0n) is 11.1. The lowest BCUT2D eigenvalue weighted by molar-refractivity contribution is -0.145. The van der Waals surface area contributed by atoms with E-state index in [-0.39, 0.29) is 30.8 Å². The molecule has 1 N–H and O–H groups in total. The van der Waals surface area contributed by atoms with Crippen molar-refractivity contribution in [1.29, 1.82) is 0 Å². The SMILES string of the molecule is CC(C)(COC(=O)Cc1ccccc1)NC(=O)CCl. The van der Waals surface area contributed by atoms with E-state index in [9.17, 15) is 9.59 Å². The van der Waals surface area contributed by atoms with Crippen LogP contribution < -0.4 is 5.32 Å². The van der Waals surface area contributed by atoms with Crippen molar-refractivity contribution in [2.24, 2.45) is 0 Å². The Hall–Kier alpha value is -1.55. The van der Waals surface area contributed by atoms with Gasteiger partial charge in [0.15, 0.2) is 0 Å². The maximum atomic E-state index is 11.7. The second-order valence-corrected chi connectivity index (χ2v) is 5.16. The second kappa shape index (κ2) is 7.14. The number of alkyl halides is 1. The number of hydrogen-bond acceptors (Lipinski definition) is 3. The molecule has 0 unspecified atom stereocenters. The molecule has 5 heteroatoms. The first-order valence-electron chi connectivity index (χ1n) is 5.99. The smallest absolute Gasteiger partial charge is 0.310 e. The van der Waals surface area contributed by atoms with Gasteiger partial charge in [-0.15, -0.1) is 11.6 Å². The molecular weight excluding hydrogens is 266 g/mol. The number of carbonyl (C=O) groups excluding carboxylic acids is 2. The summed E-state index contributed by atoms with van der Waals surface area (Å²) in [5, 5.41) is 2.68. The van der Waals surface area contributed by atoms with E-state index in [0.717, 1.165) is 5.56 Å². The van der Waals surface area contributed by atoms with Crippen molar-refractivity contribution in [1.82, 2.24) is 5.32 Å². The van der Waals surface area contributed by atoms with E-state index in [1.165, 1.54) is 0 Å². The maximum absolute atomic E-state index is 11.7. The molecule has 0 fully saturated rings. The topological polar surface area (TPSA) is 55.4 Å². The van der Waals surface area contributed by atoms with Crippen molar-refractivity contribution >= 4 is 23.5 Å². The van der Waals surface area contributed by atoms with E-state index >= 15 is 0 Å². The van der Waals surface area contributed by atoms with Crippen LogP contribution in [0.1, 0.15) is 19.4 Å². The fraction of sp³-hybridized carbons (Fsp3) is 0.429. The molecule has 19 heavy (non-hydrogen) atoms. The van der Waals surface area contributed by atoms with Crippen molar-refractivity contribution in [2.75, 3.05) is 12.5 Å². The predicted molar refractivity (Wildman–Crippen MR) is 74.0 cm³/mol. The number of halogens is 1. The van der Waals surface area contributed by atoms with Crippen molar-refractivity contribution in [3.63, 3.8) is 0 Å². The van der Waals surface area contributed by atoms with Gasteiger partial charge in [0, 0.05) is 0 Å². The predicted octanol–water partition coefficient (Wildman–Crippen LogP) is 1.91. The highest BCUT2D eigenvalue weighted by Gasteiger charge is 2.22. The summed E-state index contributed by atoms with van der Waals surface area (Å²) in [4.78, 5) is 22.8. The average Bonchev–Trinajstić information content (AvgIpc) is 2.37. The fourth-order valence-corrected chi connectivity index (χ4v) is 1.59. The van der Waals surface area contributed by atoms with Crippen molar-refractivity contribution in [3.05, 3.63) is 35.9 Å². The van der Waals surface area contributed by atoms with E-state index in [1.54, 1.807) is 13.8 Å². The van der Waals surface area contributed by atoms with Crippen LogP contribution in [0.4, 0.5) is 0 Å². The summed E-state index contributed by atoms with van der Waals surface area (Å²) in [5.41, 5.74) is 0.272. The summed E-state index contributed by atoms with van der Waals surface area (Å²) in [6.45, 7) is 3.65. The van der Waals surface area contributed by atoms with Gasteiger partial charge in [-0.3, -0.25) is 9.59 Å². The van der Waals surface area contributed by atoms with Crippen LogP contribution in [-0.4, -0.2) is 29.9 Å². The molecular formula is C14H18ClNO3. The highest BCUT2D eigenvalue weighted by atomic mass is 35.5. The molecule has 1 rings (SSSR count). The Kier molecular flexibility index (Phi) is 5.83. The van der Waals surface area contributed by atoms with E-state index in [4.69, 9.17) is 16.3 Å². The van der Waals surface area contributed by atoms with E-state index in [1.807, 2.05) is 30.3 Å². The number of rotatable bonds is 6. The second-order valence-electron chi connectivity index (χ2n) is 4.89. The Morgan fingerprint density at radius 3 is 2.47 bits per heavy atom. The number of ether oxygens (including phenoxy) is 1. The molecule has 0 aromatic heterocycles. The lowest BCUT2D eigenvalue weighted by Gasteiger charge is -2.25. The summed E-state index contributed by atoms with van der Waals surface area (Å²) in [6, 6.07) is 9.35. The lowest BCUT2D eigenvalue weighted by Crippen LogP contribution is -2.48. The van der Waals surface area contributed by atoms with Gasteiger partial charge in [-0.25, -0.2) is 0 Å². The third-order valence-corrected chi connectivity index (χ3v) is 2.63. The number of benzene rings is 1. The molecule has 1 amide bonds. The third-order valence-electron chi connectivity index (χ3n) is 2.38. The zero-order chi connectivity index (χ0) is 14.3. The molecule has 0 bridgehead atoms. The summed E-state index contributed by atoms with van der Waals surface area (Å²) in [7, 11) is 0. The summed E-state index contributed by atoms with van der Waals surface area (Å²) < 4.78 is 5.16. The molecule has 104 valence electrons. The van der Waals surface area contributed by atoms with Gasteiger partial charge in [-0.2, -0.15) is 0 Å². The van der Waals surface area contributed by atoms with Gasteiger partial charge in [0.05, 0.1) is 12.0 Å². The first kappa shape index (κ1) is 15.5. The molecule has 0 atom stereocenters. The Morgan fingerprint density at radius 1 is 1.26 bits per heavy atom. The van der Waals surface area contributed by atoms with Crippen LogP contribution in [0.25, 0.3) is 0 Å². The first-order valence-corrected chi connectivity index (χ1v) is 6.53. The Balaban J connectivity index is 2.39. The van der Waals surface area contributed by atoms with E-state index in [0.29, 0.717) is 0 Å². The zero-order valence-corrected chi connectivity index (χ0v) is 11.9. The highest BCUT2D eigenvalue weighted by molar-refractivity contribution is 6.27. The number of nitrogens with one attached hydrogen (secondary N) is 1. The molecule has 4 nitrogen and oxygen atoms in total. The minimum absolute atomic E-state index is 0.110. The number of hydrogen-bond donors (Lipinski definition) is 1. The van der Waals surface area contributed by atoms with Gasteiger partial charge in [0.1, 0.15) is 12.5 Å². The molecule has 0 saturated carbocycles. The van der Waals surface area contributed by atoms with Gasteiger partial charge in [0.2, 0.25) is 5.91 Å². The fourth-order valence-electron chi connectivity index (χ4n) is 1.52. The Labute approximate surface area is 118 Å². The first-order chi connectivity index (χ1) is 8.93. The molecule has 0 aliphatic heterocycles. The van der Waals surface area contributed by atoms with Gasteiger partial charge < -0.3 is 10.1 Å². The van der Waals surface area contributed by atoms with Crippen molar-refractivity contribution in [3.8, 4) is 0 Å². The van der Waals surface area contributed by atoms with Crippen LogP contribution in [0.2, 0.25) is 0 Å². The minimum Gasteiger partial charge on any atom is -0.463 e. The van der Waals surface area contributed by atoms with Crippen LogP contribution in [0, 0.1) is 0 Å². The molecule has 1 aromatic carbocycles. The number of esters is 1. The van der Waals surface area contributed by atoms with Gasteiger partial charge in [-0.05, 0) is 19.4 Å². The maximum Gasteiger partial charge on any atom is 0.310 e. The molecule has 0 aliphatic carbocycles. The summed E-state index contributed by atoms with van der Waals surface area (Å²) >= 11 is 5.41. The normalized spacial score (nSPS) is 10.9. The monoisotopic (exact) mass is 283 g/mol. The molecule has 1 aromatic rings. The van der Waals surface area contributed by atoms with Crippen molar-refractivity contribution < 1.29 is 14.3 Å². The lowest BCUT2D eigenvalue weighted by atomic mass is 10.1. The number of carbonyl (C=O) groups is 2. The van der Waals surface area contributed by atoms with Crippen molar-refractivity contribution in [2.45, 2.75) is 25.8 Å². The highest BCUT2D eigenvalue weighted by Crippen LogP contribution is 2.06. The van der Waals surface area contributed by atoms with Gasteiger partial charge in [0.25, 0.3) is 0 Å². The summed E-state index contributed by atoms with van der Waals surface area (Å²) in [5.74, 6) is -0.716. The van der Waals surface area contributed by atoms with Crippen LogP contribution in [0.15, 0.2) is 30.3 Å². The largest absolute Gasteiger partial charge is 0.463 e. The summed E-state index contributed by atoms with van der Waals surface area (Å²) in [6.07, 6.45) is 0.223. The molecule has 0 spiro atoms.